The molecule has 2 atom stereocenters. The van der Waals surface area contributed by atoms with Crippen LogP contribution in [-0.2, 0) is 17.8 Å². The number of rotatable bonds is 9. The molecule has 1 aliphatic heterocycles. The molecule has 1 unspecified atom stereocenters. The molecule has 1 fully saturated rings. The third-order valence-corrected chi connectivity index (χ3v) is 5.73. The monoisotopic (exact) mass is 382 g/mol. The number of hydrogen-bond donors (Lipinski definition) is 0. The van der Waals surface area contributed by atoms with Gasteiger partial charge >= 0.3 is 6.03 Å². The zero-order valence-corrected chi connectivity index (χ0v) is 16.5. The van der Waals surface area contributed by atoms with Gasteiger partial charge in [-0.05, 0) is 11.1 Å². The lowest BCUT2D eigenvalue weighted by Crippen LogP contribution is -2.40. The van der Waals surface area contributed by atoms with Crippen LogP contribution in [0.3, 0.4) is 0 Å². The van der Waals surface area contributed by atoms with E-state index in [2.05, 4.69) is 18.7 Å². The van der Waals surface area contributed by atoms with E-state index in [1.54, 1.807) is 18.9 Å². The van der Waals surface area contributed by atoms with E-state index >= 15 is 0 Å². The van der Waals surface area contributed by atoms with Crippen LogP contribution in [0, 0.1) is 0 Å². The van der Waals surface area contributed by atoms with Crippen molar-refractivity contribution >= 4 is 17.8 Å². The number of carbonyl (C=O) groups excluding carboxylic acids is 1. The summed E-state index contributed by atoms with van der Waals surface area (Å²) in [5.41, 5.74) is 2.23. The largest absolute Gasteiger partial charge is 0.359 e. The zero-order chi connectivity index (χ0) is 19.1. The van der Waals surface area contributed by atoms with Crippen molar-refractivity contribution in [2.24, 2.45) is 0 Å². The van der Waals surface area contributed by atoms with Crippen LogP contribution >= 0.6 is 11.8 Å². The highest BCUT2D eigenvalue weighted by Crippen LogP contribution is 2.29. The Balaban J connectivity index is 1.83. The van der Waals surface area contributed by atoms with Crippen molar-refractivity contribution in [1.82, 2.24) is 9.80 Å². The van der Waals surface area contributed by atoms with Gasteiger partial charge in [0.2, 0.25) is 0 Å². The summed E-state index contributed by atoms with van der Waals surface area (Å²) in [5, 5.41) is 0. The van der Waals surface area contributed by atoms with Crippen molar-refractivity contribution in [3.05, 3.63) is 84.4 Å². The quantitative estimate of drug-likeness (QED) is 0.476. The summed E-state index contributed by atoms with van der Waals surface area (Å²) in [7, 11) is 1.69. The summed E-state index contributed by atoms with van der Waals surface area (Å²) in [4.78, 5) is 17.1. The standard InChI is InChI=1S/C22H26N2O2S/c1-3-14-27-17-20-21(26-2)24(16-19-12-8-5-9-13-19)22(25)23(20)15-18-10-6-4-7-11-18/h3-13,20-21H,1,14-17H2,2H3/t20-,21?/m0/s1. The second-order valence-electron chi connectivity index (χ2n) is 6.53. The Kier molecular flexibility index (Phi) is 6.96. The van der Waals surface area contributed by atoms with Crippen LogP contribution in [0.4, 0.5) is 4.79 Å². The topological polar surface area (TPSA) is 32.8 Å². The first-order valence-corrected chi connectivity index (χ1v) is 10.3. The molecule has 0 spiro atoms. The van der Waals surface area contributed by atoms with Crippen molar-refractivity contribution in [2.75, 3.05) is 18.6 Å². The SMILES string of the molecule is C=CCSC[C@H]1C(OC)N(Cc2ccccc2)C(=O)N1Cc1ccccc1. The summed E-state index contributed by atoms with van der Waals surface area (Å²) >= 11 is 1.78. The number of nitrogens with zero attached hydrogens (tertiary/aromatic N) is 2. The molecule has 2 amide bonds. The van der Waals surface area contributed by atoms with E-state index < -0.39 is 0 Å². The van der Waals surface area contributed by atoms with Crippen molar-refractivity contribution < 1.29 is 9.53 Å². The molecular weight excluding hydrogens is 356 g/mol. The molecule has 0 N–H and O–H groups in total. The van der Waals surface area contributed by atoms with Gasteiger partial charge in [0.15, 0.2) is 6.23 Å². The van der Waals surface area contributed by atoms with E-state index in [0.717, 1.165) is 22.6 Å². The summed E-state index contributed by atoms with van der Waals surface area (Å²) in [6, 6.07) is 20.2. The van der Waals surface area contributed by atoms with Gasteiger partial charge in [0.05, 0.1) is 12.6 Å². The van der Waals surface area contributed by atoms with Crippen LogP contribution in [0.5, 0.6) is 0 Å². The summed E-state index contributed by atoms with van der Waals surface area (Å²) < 4.78 is 5.80. The maximum absolute atomic E-state index is 13.3. The number of methoxy groups -OCH3 is 1. The molecule has 5 heteroatoms. The molecule has 0 bridgehead atoms. The van der Waals surface area contributed by atoms with Gasteiger partial charge in [-0.3, -0.25) is 4.90 Å². The Morgan fingerprint density at radius 2 is 1.56 bits per heavy atom. The minimum atomic E-state index is -0.265. The van der Waals surface area contributed by atoms with E-state index in [4.69, 9.17) is 4.74 Å². The molecule has 2 aromatic carbocycles. The molecule has 1 heterocycles. The molecule has 0 aliphatic carbocycles. The van der Waals surface area contributed by atoms with Crippen LogP contribution in [0.1, 0.15) is 11.1 Å². The number of ether oxygens (including phenoxy) is 1. The fraction of sp³-hybridized carbons (Fsp3) is 0.318. The van der Waals surface area contributed by atoms with Crippen molar-refractivity contribution in [3.63, 3.8) is 0 Å². The maximum atomic E-state index is 13.3. The number of hydrogen-bond acceptors (Lipinski definition) is 3. The minimum absolute atomic E-state index is 0.00336. The van der Waals surface area contributed by atoms with E-state index in [1.165, 1.54) is 0 Å². The van der Waals surface area contributed by atoms with Crippen LogP contribution < -0.4 is 0 Å². The minimum Gasteiger partial charge on any atom is -0.359 e. The van der Waals surface area contributed by atoms with Gasteiger partial charge in [-0.25, -0.2) is 4.79 Å². The molecule has 0 radical (unpaired) electrons. The summed E-state index contributed by atoms with van der Waals surface area (Å²) in [6.07, 6.45) is 1.63. The van der Waals surface area contributed by atoms with Crippen LogP contribution in [-0.4, -0.2) is 46.7 Å². The van der Waals surface area contributed by atoms with Gasteiger partial charge in [-0.15, -0.1) is 6.58 Å². The highest BCUT2D eigenvalue weighted by atomic mass is 32.2. The van der Waals surface area contributed by atoms with Crippen molar-refractivity contribution in [2.45, 2.75) is 25.4 Å². The third-order valence-electron chi connectivity index (χ3n) is 4.69. The average molecular weight is 383 g/mol. The van der Waals surface area contributed by atoms with Gasteiger partial charge in [-0.1, -0.05) is 66.7 Å². The number of benzene rings is 2. The highest BCUT2D eigenvalue weighted by Gasteiger charge is 2.45. The lowest BCUT2D eigenvalue weighted by atomic mass is 10.2. The normalized spacial score (nSPS) is 19.5. The van der Waals surface area contributed by atoms with Gasteiger partial charge < -0.3 is 9.64 Å². The first kappa shape index (κ1) is 19.5. The smallest absolute Gasteiger partial charge is 0.323 e. The molecule has 2 aromatic rings. The van der Waals surface area contributed by atoms with Gasteiger partial charge in [0, 0.05) is 25.2 Å². The second-order valence-corrected chi connectivity index (χ2v) is 7.60. The highest BCUT2D eigenvalue weighted by molar-refractivity contribution is 7.99. The molecule has 1 aliphatic rings. The van der Waals surface area contributed by atoms with Gasteiger partial charge in [0.25, 0.3) is 0 Å². The predicted molar refractivity (Wildman–Crippen MR) is 111 cm³/mol. The maximum Gasteiger partial charge on any atom is 0.323 e. The second kappa shape index (κ2) is 9.62. The number of carbonyl (C=O) groups is 1. The summed E-state index contributed by atoms with van der Waals surface area (Å²) in [6.45, 7) is 4.93. The lowest BCUT2D eigenvalue weighted by Gasteiger charge is -2.26. The molecule has 0 saturated carbocycles. The van der Waals surface area contributed by atoms with Crippen LogP contribution in [0.25, 0.3) is 0 Å². The lowest BCUT2D eigenvalue weighted by molar-refractivity contribution is -0.00723. The predicted octanol–water partition coefficient (Wildman–Crippen LogP) is 4.38. The van der Waals surface area contributed by atoms with Crippen molar-refractivity contribution in [1.29, 1.82) is 0 Å². The first-order valence-electron chi connectivity index (χ1n) is 9.11. The van der Waals surface area contributed by atoms with Gasteiger partial charge in [-0.2, -0.15) is 11.8 Å². The van der Waals surface area contributed by atoms with E-state index in [1.807, 2.05) is 64.4 Å². The molecule has 1 saturated heterocycles. The van der Waals surface area contributed by atoms with Crippen LogP contribution in [0.2, 0.25) is 0 Å². The molecular formula is C22H26N2O2S. The Morgan fingerprint density at radius 3 is 2.07 bits per heavy atom. The summed E-state index contributed by atoms with van der Waals surface area (Å²) in [5.74, 6) is 1.67. The molecule has 3 rings (SSSR count). The first-order chi connectivity index (χ1) is 13.2. The van der Waals surface area contributed by atoms with Crippen LogP contribution in [0.15, 0.2) is 73.3 Å². The molecule has 27 heavy (non-hydrogen) atoms. The third kappa shape index (κ3) is 4.73. The van der Waals surface area contributed by atoms with Gasteiger partial charge in [0.1, 0.15) is 0 Å². The number of urea groups is 1. The molecule has 0 aromatic heterocycles. The number of thioether (sulfide) groups is 1. The zero-order valence-electron chi connectivity index (χ0n) is 15.7. The van der Waals surface area contributed by atoms with E-state index in [-0.39, 0.29) is 18.3 Å². The Labute approximate surface area is 165 Å². The fourth-order valence-electron chi connectivity index (χ4n) is 3.41. The molecule has 4 nitrogen and oxygen atoms in total. The van der Waals surface area contributed by atoms with Crippen molar-refractivity contribution in [3.8, 4) is 0 Å². The molecule has 142 valence electrons. The Bertz CT molecular complexity index is 738. The average Bonchev–Trinajstić information content (AvgIpc) is 2.95. The van der Waals surface area contributed by atoms with E-state index in [9.17, 15) is 4.79 Å². The Morgan fingerprint density at radius 1 is 1.00 bits per heavy atom. The number of amides is 2. The Hall–Kier alpha value is -2.24. The fourth-order valence-corrected chi connectivity index (χ4v) is 4.30. The van der Waals surface area contributed by atoms with E-state index in [0.29, 0.717) is 13.1 Å².